The van der Waals surface area contributed by atoms with Crippen molar-refractivity contribution in [3.05, 3.63) is 69.0 Å². The van der Waals surface area contributed by atoms with Crippen molar-refractivity contribution in [2.75, 3.05) is 5.32 Å². The van der Waals surface area contributed by atoms with Crippen molar-refractivity contribution in [3.8, 4) is 5.75 Å². The summed E-state index contributed by atoms with van der Waals surface area (Å²) in [6, 6.07) is 11.7. The third-order valence-corrected chi connectivity index (χ3v) is 4.30. The standard InChI is InChI=1S/C19H16ClN3O3S/c1-10-8-16(25)26-18-14(10)6-7-15(24)17(18)11(2)22-23-19(27)21-13-5-3-4-12(20)9-13/h3-9,24H,1-2H3,(H2,21,23,27)/b22-11+. The lowest BCUT2D eigenvalue weighted by atomic mass is 10.0. The van der Waals surface area contributed by atoms with E-state index in [0.29, 0.717) is 22.0 Å². The molecule has 0 spiro atoms. The number of fused-ring (bicyclic) bond motifs is 1. The molecule has 0 saturated heterocycles. The second kappa shape index (κ2) is 7.77. The van der Waals surface area contributed by atoms with Crippen molar-refractivity contribution >= 4 is 51.3 Å². The van der Waals surface area contributed by atoms with Crippen molar-refractivity contribution in [1.29, 1.82) is 0 Å². The van der Waals surface area contributed by atoms with E-state index in [1.54, 1.807) is 38.1 Å². The van der Waals surface area contributed by atoms with Crippen molar-refractivity contribution in [2.24, 2.45) is 5.10 Å². The zero-order valence-electron chi connectivity index (χ0n) is 14.5. The van der Waals surface area contributed by atoms with Crippen LogP contribution in [0, 0.1) is 6.92 Å². The molecule has 0 aliphatic rings. The number of nitrogens with one attached hydrogen (secondary N) is 2. The maximum atomic E-state index is 11.7. The Morgan fingerprint density at radius 2 is 2.04 bits per heavy atom. The van der Waals surface area contributed by atoms with Gasteiger partial charge in [-0.2, -0.15) is 5.10 Å². The van der Waals surface area contributed by atoms with E-state index in [-0.39, 0.29) is 16.4 Å². The first-order valence-corrected chi connectivity index (χ1v) is 8.77. The van der Waals surface area contributed by atoms with Crippen LogP contribution in [-0.2, 0) is 0 Å². The average molecular weight is 402 g/mol. The highest BCUT2D eigenvalue weighted by Crippen LogP contribution is 2.28. The van der Waals surface area contributed by atoms with Gasteiger partial charge in [-0.05, 0) is 62.0 Å². The molecule has 0 fully saturated rings. The molecule has 3 aromatic rings. The number of anilines is 1. The summed E-state index contributed by atoms with van der Waals surface area (Å²) < 4.78 is 5.30. The van der Waals surface area contributed by atoms with Crippen LogP contribution < -0.4 is 16.4 Å². The van der Waals surface area contributed by atoms with Gasteiger partial charge in [0.1, 0.15) is 5.75 Å². The maximum Gasteiger partial charge on any atom is 0.336 e. The SMILES string of the molecule is C/C(=N\NC(=S)Nc1cccc(Cl)c1)c1c(O)ccc2c(C)cc(=O)oc12. The maximum absolute atomic E-state index is 11.7. The van der Waals surface area contributed by atoms with E-state index in [9.17, 15) is 9.90 Å². The van der Waals surface area contributed by atoms with Gasteiger partial charge in [0.2, 0.25) is 0 Å². The highest BCUT2D eigenvalue weighted by molar-refractivity contribution is 7.80. The fraction of sp³-hybridized carbons (Fsp3) is 0.105. The highest BCUT2D eigenvalue weighted by Gasteiger charge is 2.15. The molecule has 0 aliphatic carbocycles. The average Bonchev–Trinajstić information content (AvgIpc) is 2.59. The Bertz CT molecular complexity index is 1120. The summed E-state index contributed by atoms with van der Waals surface area (Å²) in [5.74, 6) is -0.0481. The van der Waals surface area contributed by atoms with E-state index < -0.39 is 5.63 Å². The molecule has 2 aromatic carbocycles. The Balaban J connectivity index is 1.89. The minimum Gasteiger partial charge on any atom is -0.507 e. The van der Waals surface area contributed by atoms with Gasteiger partial charge in [-0.15, -0.1) is 0 Å². The van der Waals surface area contributed by atoms with Gasteiger partial charge in [0, 0.05) is 22.2 Å². The molecule has 0 aliphatic heterocycles. The second-order valence-electron chi connectivity index (χ2n) is 5.86. The van der Waals surface area contributed by atoms with Crippen LogP contribution in [0.2, 0.25) is 5.02 Å². The van der Waals surface area contributed by atoms with E-state index in [0.717, 1.165) is 10.9 Å². The van der Waals surface area contributed by atoms with Crippen LogP contribution >= 0.6 is 23.8 Å². The predicted octanol–water partition coefficient (Wildman–Crippen LogP) is 4.17. The first-order chi connectivity index (χ1) is 12.8. The summed E-state index contributed by atoms with van der Waals surface area (Å²) in [5, 5.41) is 18.9. The van der Waals surface area contributed by atoms with Crippen molar-refractivity contribution < 1.29 is 9.52 Å². The zero-order valence-corrected chi connectivity index (χ0v) is 16.1. The van der Waals surface area contributed by atoms with Crippen LogP contribution in [0.4, 0.5) is 5.69 Å². The number of halogens is 1. The van der Waals surface area contributed by atoms with E-state index in [2.05, 4.69) is 15.8 Å². The zero-order chi connectivity index (χ0) is 19.6. The topological polar surface area (TPSA) is 86.9 Å². The molecule has 0 radical (unpaired) electrons. The number of aromatic hydroxyl groups is 1. The summed E-state index contributed by atoms with van der Waals surface area (Å²) in [6.07, 6.45) is 0. The Hall–Kier alpha value is -2.90. The third-order valence-electron chi connectivity index (χ3n) is 3.87. The van der Waals surface area contributed by atoms with Crippen LogP contribution in [0.3, 0.4) is 0 Å². The van der Waals surface area contributed by atoms with E-state index in [1.165, 1.54) is 12.1 Å². The number of hydrazone groups is 1. The van der Waals surface area contributed by atoms with E-state index in [4.69, 9.17) is 28.2 Å². The van der Waals surface area contributed by atoms with Crippen molar-refractivity contribution in [1.82, 2.24) is 5.43 Å². The largest absolute Gasteiger partial charge is 0.507 e. The first-order valence-electron chi connectivity index (χ1n) is 7.99. The lowest BCUT2D eigenvalue weighted by Crippen LogP contribution is -2.25. The highest BCUT2D eigenvalue weighted by atomic mass is 35.5. The molecule has 1 aromatic heterocycles. The molecule has 0 amide bonds. The molecule has 138 valence electrons. The molecule has 0 unspecified atom stereocenters. The number of rotatable bonds is 3. The number of phenols is 1. The summed E-state index contributed by atoms with van der Waals surface area (Å²) in [6.45, 7) is 3.47. The second-order valence-corrected chi connectivity index (χ2v) is 6.70. The predicted molar refractivity (Wildman–Crippen MR) is 112 cm³/mol. The summed E-state index contributed by atoms with van der Waals surface area (Å²) >= 11 is 11.1. The lowest BCUT2D eigenvalue weighted by molar-refractivity contribution is 0.471. The van der Waals surface area contributed by atoms with Crippen LogP contribution in [0.15, 0.2) is 56.8 Å². The van der Waals surface area contributed by atoms with Crippen molar-refractivity contribution in [3.63, 3.8) is 0 Å². The van der Waals surface area contributed by atoms with E-state index in [1.807, 2.05) is 6.07 Å². The van der Waals surface area contributed by atoms with E-state index >= 15 is 0 Å². The van der Waals surface area contributed by atoms with Crippen molar-refractivity contribution in [2.45, 2.75) is 13.8 Å². The fourth-order valence-corrected chi connectivity index (χ4v) is 2.99. The minimum absolute atomic E-state index is 0.0481. The Kier molecular flexibility index (Phi) is 5.43. The monoisotopic (exact) mass is 401 g/mol. The summed E-state index contributed by atoms with van der Waals surface area (Å²) in [5.41, 5.74) is 4.68. The number of hydrogen-bond donors (Lipinski definition) is 3. The quantitative estimate of drug-likeness (QED) is 0.264. The van der Waals surface area contributed by atoms with Gasteiger partial charge in [-0.25, -0.2) is 4.79 Å². The number of aryl methyl sites for hydroxylation is 1. The van der Waals surface area contributed by atoms with Gasteiger partial charge in [-0.3, -0.25) is 5.43 Å². The molecule has 0 saturated carbocycles. The molecule has 3 rings (SSSR count). The molecule has 27 heavy (non-hydrogen) atoms. The number of hydrogen-bond acceptors (Lipinski definition) is 5. The van der Waals surface area contributed by atoms with Gasteiger partial charge in [0.15, 0.2) is 10.7 Å². The number of phenolic OH excluding ortho intramolecular Hbond substituents is 1. The minimum atomic E-state index is -0.495. The van der Waals surface area contributed by atoms with Gasteiger partial charge in [0.25, 0.3) is 0 Å². The van der Waals surface area contributed by atoms with Gasteiger partial charge in [-0.1, -0.05) is 17.7 Å². The summed E-state index contributed by atoms with van der Waals surface area (Å²) in [4.78, 5) is 11.7. The lowest BCUT2D eigenvalue weighted by Gasteiger charge is -2.11. The normalized spacial score (nSPS) is 11.4. The van der Waals surface area contributed by atoms with Crippen LogP contribution in [0.1, 0.15) is 18.1 Å². The molecule has 8 heteroatoms. The molecule has 0 bridgehead atoms. The third kappa shape index (κ3) is 4.27. The first kappa shape index (κ1) is 18.9. The van der Waals surface area contributed by atoms with Crippen LogP contribution in [-0.4, -0.2) is 15.9 Å². The number of nitrogens with zero attached hydrogens (tertiary/aromatic N) is 1. The number of thiocarbonyl (C=S) groups is 1. The molecule has 1 heterocycles. The Morgan fingerprint density at radius 1 is 1.26 bits per heavy atom. The molecular formula is C19H16ClN3O3S. The van der Waals surface area contributed by atoms with Gasteiger partial charge in [0.05, 0.1) is 11.3 Å². The Morgan fingerprint density at radius 3 is 2.78 bits per heavy atom. The van der Waals surface area contributed by atoms with Crippen LogP contribution in [0.25, 0.3) is 11.0 Å². The van der Waals surface area contributed by atoms with Gasteiger partial charge < -0.3 is 14.8 Å². The Labute approximate surface area is 165 Å². The number of benzene rings is 2. The van der Waals surface area contributed by atoms with Gasteiger partial charge >= 0.3 is 5.63 Å². The smallest absolute Gasteiger partial charge is 0.336 e. The molecular weight excluding hydrogens is 386 g/mol. The molecule has 0 atom stereocenters. The molecule has 6 nitrogen and oxygen atoms in total. The summed E-state index contributed by atoms with van der Waals surface area (Å²) in [7, 11) is 0. The molecule has 3 N–H and O–H groups in total. The van der Waals surface area contributed by atoms with Crippen LogP contribution in [0.5, 0.6) is 5.75 Å². The fourth-order valence-electron chi connectivity index (χ4n) is 2.64.